The lowest BCUT2D eigenvalue weighted by Crippen LogP contribution is -2.35. The molecule has 1 aromatic heterocycles. The van der Waals surface area contributed by atoms with Crippen LogP contribution in [-0.4, -0.2) is 34.8 Å². The SMILES string of the molecule is CC(Cc1ccc(C(F)(F)F)cc1)NC(=O)c1ccn(C2CCCNC2)n1. The number of amides is 1. The summed E-state index contributed by atoms with van der Waals surface area (Å²) in [5, 5.41) is 10.5. The van der Waals surface area contributed by atoms with Crippen LogP contribution in [0, 0.1) is 0 Å². The first-order chi connectivity index (χ1) is 12.8. The fourth-order valence-corrected chi connectivity index (χ4v) is 3.25. The van der Waals surface area contributed by atoms with Gasteiger partial charge < -0.3 is 10.6 Å². The van der Waals surface area contributed by atoms with Crippen molar-refractivity contribution in [3.8, 4) is 0 Å². The number of nitrogens with one attached hydrogen (secondary N) is 2. The molecular weight excluding hydrogens is 357 g/mol. The Morgan fingerprint density at radius 3 is 2.70 bits per heavy atom. The van der Waals surface area contributed by atoms with Crippen LogP contribution in [0.25, 0.3) is 0 Å². The maximum atomic E-state index is 12.6. The average molecular weight is 380 g/mol. The van der Waals surface area contributed by atoms with Gasteiger partial charge in [-0.25, -0.2) is 0 Å². The first-order valence-electron chi connectivity index (χ1n) is 9.06. The van der Waals surface area contributed by atoms with Gasteiger partial charge in [0.2, 0.25) is 0 Å². The molecule has 0 spiro atoms. The number of nitrogens with zero attached hydrogens (tertiary/aromatic N) is 2. The average Bonchev–Trinajstić information content (AvgIpc) is 3.12. The van der Waals surface area contributed by atoms with Gasteiger partial charge in [-0.1, -0.05) is 12.1 Å². The van der Waals surface area contributed by atoms with Gasteiger partial charge in [-0.15, -0.1) is 0 Å². The van der Waals surface area contributed by atoms with E-state index in [1.807, 2.05) is 17.8 Å². The van der Waals surface area contributed by atoms with Gasteiger partial charge in [0.25, 0.3) is 5.91 Å². The minimum Gasteiger partial charge on any atom is -0.348 e. The molecule has 5 nitrogen and oxygen atoms in total. The largest absolute Gasteiger partial charge is 0.416 e. The van der Waals surface area contributed by atoms with E-state index in [1.54, 1.807) is 6.07 Å². The lowest BCUT2D eigenvalue weighted by atomic mass is 10.0. The smallest absolute Gasteiger partial charge is 0.348 e. The fraction of sp³-hybridized carbons (Fsp3) is 0.474. The molecule has 2 aromatic rings. The minimum atomic E-state index is -4.34. The van der Waals surface area contributed by atoms with Crippen molar-refractivity contribution in [2.45, 2.75) is 44.4 Å². The molecule has 27 heavy (non-hydrogen) atoms. The number of carbonyl (C=O) groups excluding carboxylic acids is 1. The topological polar surface area (TPSA) is 59.0 Å². The van der Waals surface area contributed by atoms with Crippen LogP contribution in [0.15, 0.2) is 36.5 Å². The number of piperidine rings is 1. The van der Waals surface area contributed by atoms with E-state index < -0.39 is 11.7 Å². The molecule has 1 fully saturated rings. The highest BCUT2D eigenvalue weighted by Gasteiger charge is 2.30. The Labute approximate surface area is 155 Å². The van der Waals surface area contributed by atoms with Crippen molar-refractivity contribution >= 4 is 5.91 Å². The molecule has 2 heterocycles. The summed E-state index contributed by atoms with van der Waals surface area (Å²) in [6, 6.07) is 6.72. The minimum absolute atomic E-state index is 0.226. The van der Waals surface area contributed by atoms with Gasteiger partial charge in [0.15, 0.2) is 0 Å². The highest BCUT2D eigenvalue weighted by Crippen LogP contribution is 2.29. The number of benzene rings is 1. The maximum Gasteiger partial charge on any atom is 0.416 e. The molecular formula is C19H23F3N4O. The number of aromatic nitrogens is 2. The molecule has 2 N–H and O–H groups in total. The second-order valence-corrected chi connectivity index (χ2v) is 6.95. The zero-order chi connectivity index (χ0) is 19.4. The van der Waals surface area contributed by atoms with Crippen molar-refractivity contribution in [2.24, 2.45) is 0 Å². The molecule has 1 saturated heterocycles. The summed E-state index contributed by atoms with van der Waals surface area (Å²) in [5.41, 5.74) is 0.403. The van der Waals surface area contributed by atoms with Gasteiger partial charge in [0, 0.05) is 18.8 Å². The maximum absolute atomic E-state index is 12.6. The zero-order valence-corrected chi connectivity index (χ0v) is 15.1. The van der Waals surface area contributed by atoms with Crippen molar-refractivity contribution in [2.75, 3.05) is 13.1 Å². The van der Waals surface area contributed by atoms with Crippen LogP contribution in [0.1, 0.15) is 47.4 Å². The second-order valence-electron chi connectivity index (χ2n) is 6.95. The summed E-state index contributed by atoms with van der Waals surface area (Å²) >= 11 is 0. The monoisotopic (exact) mass is 380 g/mol. The van der Waals surface area contributed by atoms with E-state index in [-0.39, 0.29) is 18.0 Å². The van der Waals surface area contributed by atoms with Crippen molar-refractivity contribution in [3.05, 3.63) is 53.3 Å². The van der Waals surface area contributed by atoms with Crippen molar-refractivity contribution < 1.29 is 18.0 Å². The van der Waals surface area contributed by atoms with Gasteiger partial charge in [0.05, 0.1) is 11.6 Å². The summed E-state index contributed by atoms with van der Waals surface area (Å²) in [6.45, 7) is 3.66. The summed E-state index contributed by atoms with van der Waals surface area (Å²) < 4.78 is 39.6. The molecule has 0 saturated carbocycles. The molecule has 2 unspecified atom stereocenters. The van der Waals surface area contributed by atoms with Gasteiger partial charge in [-0.3, -0.25) is 9.48 Å². The Morgan fingerprint density at radius 2 is 2.07 bits per heavy atom. The van der Waals surface area contributed by atoms with Crippen LogP contribution in [0.2, 0.25) is 0 Å². The van der Waals surface area contributed by atoms with E-state index in [9.17, 15) is 18.0 Å². The van der Waals surface area contributed by atoms with Gasteiger partial charge in [-0.2, -0.15) is 18.3 Å². The quantitative estimate of drug-likeness (QED) is 0.838. The van der Waals surface area contributed by atoms with Crippen LogP contribution in [-0.2, 0) is 12.6 Å². The van der Waals surface area contributed by atoms with E-state index in [0.29, 0.717) is 12.1 Å². The van der Waals surface area contributed by atoms with Crippen molar-refractivity contribution in [1.82, 2.24) is 20.4 Å². The van der Waals surface area contributed by atoms with Crippen LogP contribution < -0.4 is 10.6 Å². The number of hydrogen-bond donors (Lipinski definition) is 2. The lowest BCUT2D eigenvalue weighted by Gasteiger charge is -2.22. The van der Waals surface area contributed by atoms with Crippen molar-refractivity contribution in [3.63, 3.8) is 0 Å². The van der Waals surface area contributed by atoms with Crippen molar-refractivity contribution in [1.29, 1.82) is 0 Å². The Bertz CT molecular complexity index is 764. The Hall–Kier alpha value is -2.35. The Balaban J connectivity index is 1.55. The standard InChI is InChI=1S/C19H23F3N4O/c1-13(11-14-4-6-15(7-5-14)19(20,21)22)24-18(27)17-8-10-26(25-17)16-3-2-9-23-12-16/h4-8,10,13,16,23H,2-3,9,11-12H2,1H3,(H,24,27). The summed E-state index contributed by atoms with van der Waals surface area (Å²) in [5.74, 6) is -0.281. The van der Waals surface area contributed by atoms with E-state index in [1.165, 1.54) is 12.1 Å². The summed E-state index contributed by atoms with van der Waals surface area (Å²) in [7, 11) is 0. The van der Waals surface area contributed by atoms with Crippen LogP contribution >= 0.6 is 0 Å². The number of rotatable bonds is 5. The lowest BCUT2D eigenvalue weighted by molar-refractivity contribution is -0.137. The fourth-order valence-electron chi connectivity index (χ4n) is 3.25. The van der Waals surface area contributed by atoms with E-state index >= 15 is 0 Å². The first kappa shape index (κ1) is 19.4. The Morgan fingerprint density at radius 1 is 1.33 bits per heavy atom. The number of halogens is 3. The van der Waals surface area contributed by atoms with Crippen LogP contribution in [0.3, 0.4) is 0 Å². The number of alkyl halides is 3. The molecule has 1 aliphatic rings. The third kappa shape index (κ3) is 5.09. The molecule has 8 heteroatoms. The van der Waals surface area contributed by atoms with E-state index in [4.69, 9.17) is 0 Å². The van der Waals surface area contributed by atoms with Crippen LogP contribution in [0.5, 0.6) is 0 Å². The molecule has 0 bridgehead atoms. The summed E-state index contributed by atoms with van der Waals surface area (Å²) in [4.78, 5) is 12.4. The normalized spacial score (nSPS) is 18.9. The molecule has 3 rings (SSSR count). The first-order valence-corrected chi connectivity index (χ1v) is 9.06. The predicted octanol–water partition coefficient (Wildman–Crippen LogP) is 3.19. The second kappa shape index (κ2) is 8.12. The third-order valence-corrected chi connectivity index (χ3v) is 4.69. The third-order valence-electron chi connectivity index (χ3n) is 4.69. The molecule has 1 amide bonds. The number of carbonyl (C=O) groups is 1. The molecule has 1 aliphatic heterocycles. The highest BCUT2D eigenvalue weighted by atomic mass is 19.4. The molecule has 146 valence electrons. The van der Waals surface area contributed by atoms with E-state index in [0.717, 1.165) is 43.6 Å². The molecule has 1 aromatic carbocycles. The van der Waals surface area contributed by atoms with Gasteiger partial charge in [0.1, 0.15) is 5.69 Å². The summed E-state index contributed by atoms with van der Waals surface area (Å²) in [6.07, 6.45) is 0.0194. The van der Waals surface area contributed by atoms with E-state index in [2.05, 4.69) is 15.7 Å². The number of hydrogen-bond acceptors (Lipinski definition) is 3. The van der Waals surface area contributed by atoms with Crippen LogP contribution in [0.4, 0.5) is 13.2 Å². The molecule has 0 aliphatic carbocycles. The van der Waals surface area contributed by atoms with Gasteiger partial charge in [-0.05, 0) is 56.5 Å². The molecule has 2 atom stereocenters. The zero-order valence-electron chi connectivity index (χ0n) is 15.1. The van der Waals surface area contributed by atoms with Gasteiger partial charge >= 0.3 is 6.18 Å². The molecule has 0 radical (unpaired) electrons. The highest BCUT2D eigenvalue weighted by molar-refractivity contribution is 5.92. The Kier molecular flexibility index (Phi) is 5.84. The predicted molar refractivity (Wildman–Crippen MR) is 95.4 cm³/mol.